The summed E-state index contributed by atoms with van der Waals surface area (Å²) in [6.07, 6.45) is 1.01. The summed E-state index contributed by atoms with van der Waals surface area (Å²) in [6, 6.07) is 18.8. The second-order valence-electron chi connectivity index (χ2n) is 5.38. The van der Waals surface area contributed by atoms with E-state index in [0.29, 0.717) is 18.5 Å². The maximum absolute atomic E-state index is 12.6. The summed E-state index contributed by atoms with van der Waals surface area (Å²) in [4.78, 5) is 26.6. The molecule has 0 N–H and O–H groups in total. The van der Waals surface area contributed by atoms with Crippen molar-refractivity contribution in [2.24, 2.45) is 5.41 Å². The molecular formula is C18H17NO2. The van der Waals surface area contributed by atoms with Gasteiger partial charge in [0.05, 0.1) is 5.69 Å². The quantitative estimate of drug-likeness (QED) is 0.636. The molecule has 3 heteroatoms. The zero-order valence-electron chi connectivity index (χ0n) is 12.0. The molecule has 1 aliphatic rings. The summed E-state index contributed by atoms with van der Waals surface area (Å²) < 4.78 is 0. The van der Waals surface area contributed by atoms with Gasteiger partial charge in [0, 0.05) is 0 Å². The number of para-hydroxylation sites is 1. The van der Waals surface area contributed by atoms with E-state index >= 15 is 0 Å². The van der Waals surface area contributed by atoms with Crippen LogP contribution in [0.3, 0.4) is 0 Å². The van der Waals surface area contributed by atoms with Crippen molar-refractivity contribution in [3.05, 3.63) is 66.2 Å². The largest absolute Gasteiger partial charge is 0.273 e. The lowest BCUT2D eigenvalue weighted by Crippen LogP contribution is -2.67. The molecule has 1 saturated heterocycles. The van der Waals surface area contributed by atoms with Gasteiger partial charge in [0.15, 0.2) is 0 Å². The average Bonchev–Trinajstić information content (AvgIpc) is 2.55. The van der Waals surface area contributed by atoms with Crippen molar-refractivity contribution < 1.29 is 9.59 Å². The molecule has 2 aromatic carbocycles. The normalized spacial score (nSPS) is 16.7. The molecule has 0 spiro atoms. The number of β-lactam (4-membered cyclic amide) rings is 2. The number of hydrogen-bond donors (Lipinski definition) is 0. The molecule has 0 radical (unpaired) electrons. The Kier molecular flexibility index (Phi) is 3.34. The minimum atomic E-state index is -0.892. The molecule has 0 unspecified atom stereocenters. The van der Waals surface area contributed by atoms with Crippen molar-refractivity contribution >= 4 is 17.5 Å². The maximum Gasteiger partial charge on any atom is 0.249 e. The minimum absolute atomic E-state index is 0.0925. The number of amides is 2. The third kappa shape index (κ3) is 2.05. The van der Waals surface area contributed by atoms with Gasteiger partial charge in [-0.05, 0) is 30.5 Å². The molecular weight excluding hydrogens is 262 g/mol. The Bertz CT molecular complexity index is 648. The fraction of sp³-hybridized carbons (Fsp3) is 0.222. The Labute approximate surface area is 124 Å². The van der Waals surface area contributed by atoms with E-state index in [9.17, 15) is 9.59 Å². The number of carbonyl (C=O) groups excluding carboxylic acids is 2. The van der Waals surface area contributed by atoms with Crippen LogP contribution < -0.4 is 4.90 Å². The molecule has 21 heavy (non-hydrogen) atoms. The highest BCUT2D eigenvalue weighted by molar-refractivity contribution is 6.36. The van der Waals surface area contributed by atoms with E-state index in [1.807, 2.05) is 55.5 Å². The van der Waals surface area contributed by atoms with Crippen molar-refractivity contribution in [3.8, 4) is 0 Å². The molecule has 0 atom stereocenters. The Morgan fingerprint density at radius 2 is 1.38 bits per heavy atom. The van der Waals surface area contributed by atoms with E-state index in [4.69, 9.17) is 0 Å². The average molecular weight is 279 g/mol. The maximum atomic E-state index is 12.6. The van der Waals surface area contributed by atoms with Crippen LogP contribution >= 0.6 is 0 Å². The van der Waals surface area contributed by atoms with Crippen LogP contribution in [0.15, 0.2) is 60.7 Å². The molecule has 106 valence electrons. The van der Waals surface area contributed by atoms with Crippen LogP contribution in [0.1, 0.15) is 18.9 Å². The Morgan fingerprint density at radius 3 is 1.90 bits per heavy atom. The highest BCUT2D eigenvalue weighted by Gasteiger charge is 2.59. The van der Waals surface area contributed by atoms with E-state index < -0.39 is 5.41 Å². The highest BCUT2D eigenvalue weighted by Crippen LogP contribution is 2.42. The third-order valence-corrected chi connectivity index (χ3v) is 4.19. The van der Waals surface area contributed by atoms with Crippen molar-refractivity contribution in [2.75, 3.05) is 4.90 Å². The fourth-order valence-electron chi connectivity index (χ4n) is 2.89. The first-order chi connectivity index (χ1) is 10.2. The number of rotatable bonds is 4. The summed E-state index contributed by atoms with van der Waals surface area (Å²) >= 11 is 0. The van der Waals surface area contributed by atoms with Gasteiger partial charge in [-0.25, -0.2) is 4.90 Å². The monoisotopic (exact) mass is 279 g/mol. The van der Waals surface area contributed by atoms with E-state index in [-0.39, 0.29) is 11.8 Å². The van der Waals surface area contributed by atoms with Gasteiger partial charge in [-0.1, -0.05) is 55.5 Å². The summed E-state index contributed by atoms with van der Waals surface area (Å²) in [5.74, 6) is -0.185. The Balaban J connectivity index is 1.89. The van der Waals surface area contributed by atoms with Gasteiger partial charge in [0.25, 0.3) is 0 Å². The number of anilines is 1. The van der Waals surface area contributed by atoms with Crippen LogP contribution in [0, 0.1) is 5.41 Å². The summed E-state index contributed by atoms with van der Waals surface area (Å²) in [5, 5.41) is 0. The topological polar surface area (TPSA) is 37.4 Å². The number of hydrogen-bond acceptors (Lipinski definition) is 2. The molecule has 1 heterocycles. The molecule has 1 fully saturated rings. The molecule has 0 aromatic heterocycles. The van der Waals surface area contributed by atoms with E-state index in [2.05, 4.69) is 0 Å². The van der Waals surface area contributed by atoms with Crippen LogP contribution in [0.5, 0.6) is 0 Å². The standard InChI is InChI=1S/C18H17NO2/c1-2-18(13-14-9-5-3-6-10-14)16(20)19(17(18)21)15-11-7-4-8-12-15/h3-12H,2,13H2,1H3. The molecule has 2 amide bonds. The predicted octanol–water partition coefficient (Wildman–Crippen LogP) is 3.20. The van der Waals surface area contributed by atoms with E-state index in [0.717, 1.165) is 5.56 Å². The first-order valence-electron chi connectivity index (χ1n) is 7.17. The number of nitrogens with zero attached hydrogens (tertiary/aromatic N) is 1. The van der Waals surface area contributed by atoms with Crippen LogP contribution in [-0.2, 0) is 16.0 Å². The van der Waals surface area contributed by atoms with Gasteiger partial charge < -0.3 is 0 Å². The van der Waals surface area contributed by atoms with Crippen molar-refractivity contribution in [1.82, 2.24) is 0 Å². The lowest BCUT2D eigenvalue weighted by atomic mass is 9.70. The zero-order valence-corrected chi connectivity index (χ0v) is 12.0. The van der Waals surface area contributed by atoms with Crippen molar-refractivity contribution in [2.45, 2.75) is 19.8 Å². The smallest absolute Gasteiger partial charge is 0.249 e. The summed E-state index contributed by atoms with van der Waals surface area (Å²) in [7, 11) is 0. The van der Waals surface area contributed by atoms with Gasteiger partial charge in [-0.3, -0.25) is 9.59 Å². The molecule has 2 aromatic rings. The second-order valence-corrected chi connectivity index (χ2v) is 5.38. The molecule has 0 aliphatic carbocycles. The lowest BCUT2D eigenvalue weighted by molar-refractivity contribution is -0.152. The van der Waals surface area contributed by atoms with E-state index in [1.54, 1.807) is 12.1 Å². The first kappa shape index (κ1) is 13.6. The van der Waals surface area contributed by atoms with Crippen LogP contribution in [0.4, 0.5) is 5.69 Å². The molecule has 1 aliphatic heterocycles. The minimum Gasteiger partial charge on any atom is -0.273 e. The van der Waals surface area contributed by atoms with Crippen LogP contribution in [-0.4, -0.2) is 11.8 Å². The van der Waals surface area contributed by atoms with Gasteiger partial charge in [-0.2, -0.15) is 0 Å². The second kappa shape index (κ2) is 5.17. The SMILES string of the molecule is CCC1(Cc2ccccc2)C(=O)N(c2ccccc2)C1=O. The fourth-order valence-corrected chi connectivity index (χ4v) is 2.89. The Hall–Kier alpha value is -2.42. The molecule has 0 bridgehead atoms. The van der Waals surface area contributed by atoms with Gasteiger partial charge in [0.2, 0.25) is 11.8 Å². The van der Waals surface area contributed by atoms with Gasteiger partial charge >= 0.3 is 0 Å². The Morgan fingerprint density at radius 1 is 0.857 bits per heavy atom. The van der Waals surface area contributed by atoms with Gasteiger partial charge in [-0.15, -0.1) is 0 Å². The molecule has 3 nitrogen and oxygen atoms in total. The van der Waals surface area contributed by atoms with Gasteiger partial charge in [0.1, 0.15) is 5.41 Å². The van der Waals surface area contributed by atoms with Crippen LogP contribution in [0.2, 0.25) is 0 Å². The summed E-state index contributed by atoms with van der Waals surface area (Å²) in [5.41, 5.74) is 0.787. The number of benzene rings is 2. The van der Waals surface area contributed by atoms with E-state index in [1.165, 1.54) is 4.90 Å². The lowest BCUT2D eigenvalue weighted by Gasteiger charge is -2.46. The third-order valence-electron chi connectivity index (χ3n) is 4.19. The number of imide groups is 1. The summed E-state index contributed by atoms with van der Waals surface area (Å²) in [6.45, 7) is 1.90. The van der Waals surface area contributed by atoms with Crippen molar-refractivity contribution in [1.29, 1.82) is 0 Å². The van der Waals surface area contributed by atoms with Crippen molar-refractivity contribution in [3.63, 3.8) is 0 Å². The predicted molar refractivity (Wildman–Crippen MR) is 81.8 cm³/mol. The highest BCUT2D eigenvalue weighted by atomic mass is 16.2. The van der Waals surface area contributed by atoms with Crippen LogP contribution in [0.25, 0.3) is 0 Å². The first-order valence-corrected chi connectivity index (χ1v) is 7.17. The molecule has 0 saturated carbocycles. The zero-order chi connectivity index (χ0) is 14.9. The molecule has 3 rings (SSSR count). The number of carbonyl (C=O) groups is 2.